The van der Waals surface area contributed by atoms with Gasteiger partial charge in [-0.05, 0) is 41.8 Å². The maximum Gasteiger partial charge on any atom is 0.490 e. The number of carboxylic acid groups (broad SMARTS) is 2. The lowest BCUT2D eigenvalue weighted by molar-refractivity contribution is -0.192. The normalized spacial score (nSPS) is 11.9. The topological polar surface area (TPSA) is 140 Å². The Morgan fingerprint density at radius 2 is 1.82 bits per heavy atom. The fourth-order valence-corrected chi connectivity index (χ4v) is 3.74. The highest BCUT2D eigenvalue weighted by molar-refractivity contribution is 6.30. The number of hydrogen-bond donors (Lipinski definition) is 5. The molecule has 0 aliphatic carbocycles. The zero-order valence-electron chi connectivity index (χ0n) is 19.8. The Morgan fingerprint density at radius 1 is 1.11 bits per heavy atom. The average molecular weight is 553 g/mol. The molecule has 1 atom stereocenters. The van der Waals surface area contributed by atoms with E-state index in [1.54, 1.807) is 24.5 Å². The van der Waals surface area contributed by atoms with Crippen LogP contribution in [0.25, 0.3) is 10.9 Å². The molecule has 4 rings (SSSR count). The summed E-state index contributed by atoms with van der Waals surface area (Å²) in [6, 6.07) is 13.2. The predicted molar refractivity (Wildman–Crippen MR) is 135 cm³/mol. The summed E-state index contributed by atoms with van der Waals surface area (Å²) in [5.41, 5.74) is 2.76. The molecule has 0 spiro atoms. The number of H-pyrrole nitrogens is 2. The van der Waals surface area contributed by atoms with Crippen LogP contribution >= 0.6 is 11.6 Å². The number of imidazole rings is 1. The number of fused-ring (bicyclic) bond motifs is 1. The number of halogens is 4. The lowest BCUT2D eigenvalue weighted by Crippen LogP contribution is -2.21. The van der Waals surface area contributed by atoms with Crippen LogP contribution in [0.3, 0.4) is 0 Å². The molecule has 0 bridgehead atoms. The van der Waals surface area contributed by atoms with Gasteiger partial charge in [0.25, 0.3) is 0 Å². The summed E-state index contributed by atoms with van der Waals surface area (Å²) < 4.78 is 37.6. The largest absolute Gasteiger partial charge is 0.493 e. The highest BCUT2D eigenvalue weighted by atomic mass is 35.5. The van der Waals surface area contributed by atoms with E-state index in [0.717, 1.165) is 46.7 Å². The summed E-state index contributed by atoms with van der Waals surface area (Å²) in [6.45, 7) is 1.32. The minimum atomic E-state index is -5.08. The molecule has 0 saturated carbocycles. The first-order valence-electron chi connectivity index (χ1n) is 11.3. The minimum absolute atomic E-state index is 0.00446. The van der Waals surface area contributed by atoms with Crippen molar-refractivity contribution in [2.75, 3.05) is 18.5 Å². The van der Waals surface area contributed by atoms with Gasteiger partial charge in [-0.25, -0.2) is 9.78 Å². The third-order valence-electron chi connectivity index (χ3n) is 5.33. The van der Waals surface area contributed by atoms with Gasteiger partial charge >= 0.3 is 18.1 Å². The monoisotopic (exact) mass is 552 g/mol. The quantitative estimate of drug-likeness (QED) is 0.160. The van der Waals surface area contributed by atoms with Crippen molar-refractivity contribution in [1.29, 1.82) is 0 Å². The summed E-state index contributed by atoms with van der Waals surface area (Å²) in [7, 11) is 0. The van der Waals surface area contributed by atoms with E-state index in [1.807, 2.05) is 36.5 Å². The van der Waals surface area contributed by atoms with Crippen LogP contribution in [0.15, 0.2) is 61.1 Å². The van der Waals surface area contributed by atoms with E-state index in [2.05, 4.69) is 20.3 Å². The fraction of sp³-hybridized carbons (Fsp3) is 0.240. The SMILES string of the molecule is O=C(O)C(F)(F)F.O=C(O)CC(c1ccc(Cl)cc1)c1c[nH]c2cc(OCCCNc3ncc[nH]3)ccc12. The van der Waals surface area contributed by atoms with Gasteiger partial charge in [-0.15, -0.1) is 0 Å². The molecule has 1 unspecified atom stereocenters. The molecule has 0 saturated heterocycles. The number of carbonyl (C=O) groups is 2. The zero-order chi connectivity index (χ0) is 27.7. The third-order valence-corrected chi connectivity index (χ3v) is 5.59. The standard InChI is InChI=1S/C23H23ClN4O3.C2HF3O2/c24-16-4-2-15(3-5-16)19(13-22(29)30)20-14-28-21-12-17(6-7-18(20)21)31-11-1-8-25-23-26-9-10-27-23;3-2(4,5)1(6)7/h2-7,9-10,12,14,19,28H,1,8,11,13H2,(H,29,30)(H2,25,26,27);(H,6,7). The van der Waals surface area contributed by atoms with E-state index in [4.69, 9.17) is 26.2 Å². The molecular weight excluding hydrogens is 529 g/mol. The number of aromatic nitrogens is 3. The molecule has 5 N–H and O–H groups in total. The molecule has 4 aromatic rings. The predicted octanol–water partition coefficient (Wildman–Crippen LogP) is 5.67. The van der Waals surface area contributed by atoms with Crippen LogP contribution in [0.5, 0.6) is 5.75 Å². The lowest BCUT2D eigenvalue weighted by atomic mass is 9.88. The van der Waals surface area contributed by atoms with Gasteiger partial charge in [0.1, 0.15) is 5.75 Å². The van der Waals surface area contributed by atoms with E-state index in [-0.39, 0.29) is 12.3 Å². The number of anilines is 1. The summed E-state index contributed by atoms with van der Waals surface area (Å²) in [5, 5.41) is 21.4. The summed E-state index contributed by atoms with van der Waals surface area (Å²) >= 11 is 6.00. The molecule has 2 heterocycles. The van der Waals surface area contributed by atoms with Crippen LogP contribution < -0.4 is 10.1 Å². The van der Waals surface area contributed by atoms with Gasteiger partial charge in [0.2, 0.25) is 0 Å². The molecule has 202 valence electrons. The molecule has 0 radical (unpaired) electrons. The first-order chi connectivity index (χ1) is 18.0. The number of benzene rings is 2. The number of hydrogen-bond acceptors (Lipinski definition) is 5. The van der Waals surface area contributed by atoms with Crippen molar-refractivity contribution in [2.24, 2.45) is 0 Å². The van der Waals surface area contributed by atoms with Crippen LogP contribution in [0.4, 0.5) is 19.1 Å². The molecule has 0 aliphatic rings. The molecule has 38 heavy (non-hydrogen) atoms. The number of aliphatic carboxylic acids is 2. The van der Waals surface area contributed by atoms with Crippen molar-refractivity contribution < 1.29 is 37.7 Å². The van der Waals surface area contributed by atoms with Gasteiger partial charge < -0.3 is 30.2 Å². The highest BCUT2D eigenvalue weighted by Crippen LogP contribution is 2.35. The maximum absolute atomic E-state index is 11.5. The van der Waals surface area contributed by atoms with Crippen LogP contribution in [0, 0.1) is 0 Å². The van der Waals surface area contributed by atoms with Crippen molar-refractivity contribution >= 4 is 40.4 Å². The zero-order valence-corrected chi connectivity index (χ0v) is 20.5. The van der Waals surface area contributed by atoms with Gasteiger partial charge in [0.15, 0.2) is 5.95 Å². The molecule has 13 heteroatoms. The van der Waals surface area contributed by atoms with Crippen molar-refractivity contribution in [2.45, 2.75) is 24.9 Å². The van der Waals surface area contributed by atoms with Crippen LogP contribution in [0.1, 0.15) is 29.9 Å². The van der Waals surface area contributed by atoms with Gasteiger partial charge in [0, 0.05) is 53.0 Å². The number of alkyl halides is 3. The molecule has 0 aliphatic heterocycles. The number of carboxylic acids is 2. The molecule has 2 aromatic heterocycles. The van der Waals surface area contributed by atoms with E-state index in [9.17, 15) is 23.1 Å². The third kappa shape index (κ3) is 8.17. The number of nitrogens with one attached hydrogen (secondary N) is 3. The second-order valence-electron chi connectivity index (χ2n) is 8.02. The van der Waals surface area contributed by atoms with Crippen molar-refractivity contribution in [3.63, 3.8) is 0 Å². The summed E-state index contributed by atoms with van der Waals surface area (Å²) in [5.74, 6) is -2.37. The second kappa shape index (κ2) is 12.9. The Kier molecular flexibility index (Phi) is 9.61. The van der Waals surface area contributed by atoms with E-state index < -0.39 is 18.1 Å². The lowest BCUT2D eigenvalue weighted by Gasteiger charge is -2.15. The Hall–Kier alpha value is -4.19. The Balaban J connectivity index is 0.000000505. The number of aromatic amines is 2. The van der Waals surface area contributed by atoms with Gasteiger partial charge in [-0.2, -0.15) is 13.2 Å². The first kappa shape index (κ1) is 28.4. The smallest absolute Gasteiger partial charge is 0.490 e. The molecule has 0 amide bonds. The van der Waals surface area contributed by atoms with Crippen molar-refractivity contribution in [3.8, 4) is 5.75 Å². The van der Waals surface area contributed by atoms with E-state index >= 15 is 0 Å². The Morgan fingerprint density at radius 3 is 2.42 bits per heavy atom. The fourth-order valence-electron chi connectivity index (χ4n) is 3.61. The maximum atomic E-state index is 11.5. The number of nitrogens with zero attached hydrogens (tertiary/aromatic N) is 1. The number of ether oxygens (including phenoxy) is 1. The van der Waals surface area contributed by atoms with E-state index in [0.29, 0.717) is 11.6 Å². The van der Waals surface area contributed by atoms with Crippen LogP contribution in [-0.4, -0.2) is 56.4 Å². The molecular formula is C25H24ClF3N4O5. The molecule has 0 fully saturated rings. The molecule has 9 nitrogen and oxygen atoms in total. The van der Waals surface area contributed by atoms with E-state index in [1.165, 1.54) is 0 Å². The Labute approximate surface area is 219 Å². The van der Waals surface area contributed by atoms with Crippen LogP contribution in [0.2, 0.25) is 5.02 Å². The first-order valence-corrected chi connectivity index (χ1v) is 11.7. The van der Waals surface area contributed by atoms with Gasteiger partial charge in [-0.1, -0.05) is 23.7 Å². The summed E-state index contributed by atoms with van der Waals surface area (Å²) in [6.07, 6.45) is 1.09. The highest BCUT2D eigenvalue weighted by Gasteiger charge is 2.38. The Bertz CT molecular complexity index is 1340. The van der Waals surface area contributed by atoms with Gasteiger partial charge in [-0.3, -0.25) is 4.79 Å². The summed E-state index contributed by atoms with van der Waals surface area (Å²) in [4.78, 5) is 30.8. The van der Waals surface area contributed by atoms with Crippen molar-refractivity contribution in [1.82, 2.24) is 15.0 Å². The second-order valence-corrected chi connectivity index (χ2v) is 8.46. The van der Waals surface area contributed by atoms with Gasteiger partial charge in [0.05, 0.1) is 13.0 Å². The average Bonchev–Trinajstić information content (AvgIpc) is 3.52. The molecule has 2 aromatic carbocycles. The number of rotatable bonds is 10. The minimum Gasteiger partial charge on any atom is -0.493 e. The van der Waals surface area contributed by atoms with Crippen molar-refractivity contribution in [3.05, 3.63) is 77.2 Å². The van der Waals surface area contributed by atoms with Crippen LogP contribution in [-0.2, 0) is 9.59 Å².